The van der Waals surface area contributed by atoms with Gasteiger partial charge in [-0.1, -0.05) is 54.6 Å². The Hall–Kier alpha value is -2.05. The van der Waals surface area contributed by atoms with Crippen molar-refractivity contribution in [1.82, 2.24) is 0 Å². The van der Waals surface area contributed by atoms with Crippen LogP contribution >= 0.6 is 7.82 Å². The van der Waals surface area contributed by atoms with E-state index in [1.54, 1.807) is 72.8 Å². The maximum absolute atomic E-state index is 13.1. The van der Waals surface area contributed by atoms with Crippen LogP contribution in [-0.2, 0) is 25.0 Å². The van der Waals surface area contributed by atoms with Gasteiger partial charge in [0.25, 0.3) is 0 Å². The van der Waals surface area contributed by atoms with Crippen LogP contribution in [0.25, 0.3) is 0 Å². The summed E-state index contributed by atoms with van der Waals surface area (Å²) in [4.78, 5) is 0. The van der Waals surface area contributed by atoms with Crippen molar-refractivity contribution in [3.63, 3.8) is 0 Å². The van der Waals surface area contributed by atoms with Crippen LogP contribution in [0.1, 0.15) is 0 Å². The molecule has 3 aromatic carbocycles. The summed E-state index contributed by atoms with van der Waals surface area (Å²) in [7, 11) is -3.89. The van der Waals surface area contributed by atoms with Gasteiger partial charge < -0.3 is 13.6 Å². The summed E-state index contributed by atoms with van der Waals surface area (Å²) < 4.78 is 29.6. The second-order valence-electron chi connectivity index (χ2n) is 4.66. The van der Waals surface area contributed by atoms with Crippen LogP contribution in [0.2, 0.25) is 0 Å². The van der Waals surface area contributed by atoms with Crippen LogP contribution in [0.15, 0.2) is 91.0 Å². The third-order valence-corrected chi connectivity index (χ3v) is 4.18. The Balaban J connectivity index is 0.00000208. The Labute approximate surface area is 154 Å². The molecule has 3 aromatic rings. The zero-order valence-corrected chi connectivity index (χ0v) is 15.0. The average molecular weight is 433 g/mol. The first-order valence-corrected chi connectivity index (χ1v) is 8.54. The van der Waals surface area contributed by atoms with Crippen molar-refractivity contribution in [2.24, 2.45) is 0 Å². The molecule has 0 aliphatic rings. The maximum atomic E-state index is 13.1. The fourth-order valence-electron chi connectivity index (χ4n) is 1.89. The van der Waals surface area contributed by atoms with Gasteiger partial charge in [0.2, 0.25) is 0 Å². The number of rotatable bonds is 6. The molecule has 3 rings (SSSR count). The molecule has 6 heteroatoms. The van der Waals surface area contributed by atoms with E-state index in [1.165, 1.54) is 0 Å². The van der Waals surface area contributed by atoms with Crippen LogP contribution in [-0.4, -0.2) is 0 Å². The molecule has 0 aliphatic carbocycles. The van der Waals surface area contributed by atoms with Crippen LogP contribution in [0.5, 0.6) is 17.2 Å². The molecular weight excluding hydrogens is 418 g/mol. The van der Waals surface area contributed by atoms with Crippen molar-refractivity contribution >= 4 is 7.82 Å². The first-order chi connectivity index (χ1) is 11.2. The van der Waals surface area contributed by atoms with Gasteiger partial charge in [0.1, 0.15) is 17.2 Å². The zero-order chi connectivity index (χ0) is 16.0. The Morgan fingerprint density at radius 3 is 1.00 bits per heavy atom. The van der Waals surface area contributed by atoms with E-state index in [0.717, 1.165) is 0 Å². The number of para-hydroxylation sites is 3. The van der Waals surface area contributed by atoms with Crippen LogP contribution < -0.4 is 13.6 Å². The summed E-state index contributed by atoms with van der Waals surface area (Å²) in [6.07, 6.45) is 0. The molecule has 126 valence electrons. The van der Waals surface area contributed by atoms with Crippen LogP contribution in [0.4, 0.5) is 0 Å². The largest absolute Gasteiger partial charge is 0.647 e. The smallest absolute Gasteiger partial charge is 0.386 e. The van der Waals surface area contributed by atoms with Crippen molar-refractivity contribution in [3.05, 3.63) is 91.0 Å². The Morgan fingerprint density at radius 2 is 0.750 bits per heavy atom. The van der Waals surface area contributed by atoms with E-state index in [2.05, 4.69) is 0 Å². The van der Waals surface area contributed by atoms with Gasteiger partial charge in [0.05, 0.1) is 0 Å². The van der Waals surface area contributed by atoms with Gasteiger partial charge in [-0.2, -0.15) is 4.57 Å². The van der Waals surface area contributed by atoms with E-state index < -0.39 is 7.82 Å². The SMILES string of the molecule is O=P(Oc1ccccc1)(Oc1ccccc1)Oc1ccccc1.[Pd]. The van der Waals surface area contributed by atoms with Crippen molar-refractivity contribution in [1.29, 1.82) is 0 Å². The Kier molecular flexibility index (Phi) is 6.64. The minimum Gasteiger partial charge on any atom is -0.386 e. The second-order valence-corrected chi connectivity index (χ2v) is 6.10. The first kappa shape index (κ1) is 18.3. The van der Waals surface area contributed by atoms with Gasteiger partial charge >= 0.3 is 7.82 Å². The molecule has 0 saturated heterocycles. The minimum absolute atomic E-state index is 0. The molecule has 0 aliphatic heterocycles. The average Bonchev–Trinajstić information content (AvgIpc) is 2.57. The molecule has 0 unspecified atom stereocenters. The molecule has 0 radical (unpaired) electrons. The van der Waals surface area contributed by atoms with E-state index in [-0.39, 0.29) is 20.4 Å². The Bertz CT molecular complexity index is 674. The van der Waals surface area contributed by atoms with Gasteiger partial charge in [0, 0.05) is 20.4 Å². The molecule has 0 amide bonds. The summed E-state index contributed by atoms with van der Waals surface area (Å²) >= 11 is 0. The van der Waals surface area contributed by atoms with Crippen molar-refractivity contribution in [2.45, 2.75) is 0 Å². The second kappa shape index (κ2) is 8.71. The van der Waals surface area contributed by atoms with Crippen molar-refractivity contribution < 1.29 is 38.6 Å². The van der Waals surface area contributed by atoms with Crippen molar-refractivity contribution in [2.75, 3.05) is 0 Å². The summed E-state index contributed by atoms with van der Waals surface area (Å²) in [6.45, 7) is 0. The maximum Gasteiger partial charge on any atom is 0.647 e. The number of phosphoric ester groups is 1. The van der Waals surface area contributed by atoms with E-state index in [1.807, 2.05) is 18.2 Å². The molecular formula is C18H15O4PPd. The fraction of sp³-hybridized carbons (Fsp3) is 0. The molecule has 0 saturated carbocycles. The zero-order valence-electron chi connectivity index (χ0n) is 12.6. The molecule has 24 heavy (non-hydrogen) atoms. The monoisotopic (exact) mass is 432 g/mol. The molecule has 0 bridgehead atoms. The molecule has 0 spiro atoms. The third-order valence-electron chi connectivity index (χ3n) is 2.88. The van der Waals surface area contributed by atoms with E-state index in [9.17, 15) is 4.57 Å². The summed E-state index contributed by atoms with van der Waals surface area (Å²) in [5, 5.41) is 0. The first-order valence-electron chi connectivity index (χ1n) is 7.07. The number of phosphoric acid groups is 1. The van der Waals surface area contributed by atoms with Gasteiger partial charge in [-0.25, -0.2) is 0 Å². The number of hydrogen-bond donors (Lipinski definition) is 0. The van der Waals surface area contributed by atoms with Crippen molar-refractivity contribution in [3.8, 4) is 17.2 Å². The summed E-state index contributed by atoms with van der Waals surface area (Å²) in [5.41, 5.74) is 0. The normalized spacial score (nSPS) is 10.3. The van der Waals surface area contributed by atoms with E-state index in [4.69, 9.17) is 13.6 Å². The molecule has 0 heterocycles. The molecule has 4 nitrogen and oxygen atoms in total. The van der Waals surface area contributed by atoms with E-state index >= 15 is 0 Å². The standard InChI is InChI=1S/C18H15O4P.Pd/c19-23(20-16-10-4-1-5-11-16,21-17-12-6-2-7-13-17)22-18-14-8-3-9-15-18;/h1-15H;. The Morgan fingerprint density at radius 1 is 0.500 bits per heavy atom. The van der Waals surface area contributed by atoms with Gasteiger partial charge in [0.15, 0.2) is 0 Å². The van der Waals surface area contributed by atoms with Crippen LogP contribution in [0.3, 0.4) is 0 Å². The number of benzene rings is 3. The van der Waals surface area contributed by atoms with Gasteiger partial charge in [-0.05, 0) is 36.4 Å². The van der Waals surface area contributed by atoms with E-state index in [0.29, 0.717) is 17.2 Å². The number of hydrogen-bond acceptors (Lipinski definition) is 4. The topological polar surface area (TPSA) is 44.8 Å². The third kappa shape index (κ3) is 5.25. The summed E-state index contributed by atoms with van der Waals surface area (Å²) in [6, 6.07) is 26.4. The quantitative estimate of drug-likeness (QED) is 0.390. The van der Waals surface area contributed by atoms with Gasteiger partial charge in [-0.3, -0.25) is 0 Å². The summed E-state index contributed by atoms with van der Waals surface area (Å²) in [5.74, 6) is 1.22. The van der Waals surface area contributed by atoms with Gasteiger partial charge in [-0.15, -0.1) is 0 Å². The predicted octanol–water partition coefficient (Wildman–Crippen LogP) is 5.33. The molecule has 0 fully saturated rings. The molecule has 0 N–H and O–H groups in total. The molecule has 0 atom stereocenters. The van der Waals surface area contributed by atoms with Crippen LogP contribution in [0, 0.1) is 0 Å². The predicted molar refractivity (Wildman–Crippen MR) is 88.8 cm³/mol. The fourth-order valence-corrected chi connectivity index (χ4v) is 3.14. The molecule has 0 aromatic heterocycles. The minimum atomic E-state index is -3.89.